The highest BCUT2D eigenvalue weighted by atomic mass is 19.1. The number of benzene rings is 3. The van der Waals surface area contributed by atoms with Crippen molar-refractivity contribution in [1.29, 1.82) is 0 Å². The Morgan fingerprint density at radius 1 is 1.02 bits per heavy atom. The van der Waals surface area contributed by atoms with Crippen LogP contribution < -0.4 is 9.47 Å². The SMILES string of the molecule is COc1ccc(C2=NN(C(=O)CN(CCN3CCOCC3)C(=O)c3ccccc3F)[C@H](c3ccc(C)cc3)C2)c(OC)c1. The average Bonchev–Trinajstić information content (AvgIpc) is 3.49. The van der Waals surface area contributed by atoms with Gasteiger partial charge in [0, 0.05) is 44.2 Å². The summed E-state index contributed by atoms with van der Waals surface area (Å²) in [6, 6.07) is 18.9. The molecule has 0 spiro atoms. The molecule has 5 rings (SSSR count). The third-order valence-electron chi connectivity index (χ3n) is 7.86. The number of halogens is 1. The van der Waals surface area contributed by atoms with E-state index in [0.717, 1.165) is 29.8 Å². The minimum Gasteiger partial charge on any atom is -0.497 e. The summed E-state index contributed by atoms with van der Waals surface area (Å²) in [5.74, 6) is -0.296. The van der Waals surface area contributed by atoms with Crippen molar-refractivity contribution in [2.45, 2.75) is 19.4 Å². The average molecular weight is 589 g/mol. The topological polar surface area (TPSA) is 83.9 Å². The van der Waals surface area contributed by atoms with Crippen molar-refractivity contribution in [3.05, 3.63) is 94.8 Å². The Bertz CT molecular complexity index is 1470. The van der Waals surface area contributed by atoms with Crippen LogP contribution in [0.25, 0.3) is 0 Å². The molecule has 0 aromatic heterocycles. The van der Waals surface area contributed by atoms with E-state index in [1.165, 1.54) is 28.1 Å². The summed E-state index contributed by atoms with van der Waals surface area (Å²) >= 11 is 0. The lowest BCUT2D eigenvalue weighted by Gasteiger charge is -2.31. The Morgan fingerprint density at radius 2 is 1.77 bits per heavy atom. The van der Waals surface area contributed by atoms with E-state index in [1.807, 2.05) is 43.3 Å². The van der Waals surface area contributed by atoms with Crippen molar-refractivity contribution >= 4 is 17.5 Å². The number of nitrogens with zero attached hydrogens (tertiary/aromatic N) is 4. The van der Waals surface area contributed by atoms with Gasteiger partial charge in [-0.1, -0.05) is 42.0 Å². The quantitative estimate of drug-likeness (QED) is 0.351. The van der Waals surface area contributed by atoms with Gasteiger partial charge in [0.25, 0.3) is 11.8 Å². The van der Waals surface area contributed by atoms with Crippen LogP contribution in [0.15, 0.2) is 71.8 Å². The molecule has 0 N–H and O–H groups in total. The van der Waals surface area contributed by atoms with Gasteiger partial charge in [0.2, 0.25) is 0 Å². The molecule has 43 heavy (non-hydrogen) atoms. The van der Waals surface area contributed by atoms with Crippen LogP contribution in [0.2, 0.25) is 0 Å². The monoisotopic (exact) mass is 588 g/mol. The van der Waals surface area contributed by atoms with Gasteiger partial charge in [0.15, 0.2) is 0 Å². The second-order valence-electron chi connectivity index (χ2n) is 10.6. The standard InChI is InChI=1S/C33H37FN4O5/c1-23-8-10-24(11-9-23)30-21-29(27-13-12-25(41-2)20-31(27)42-3)35-38(30)32(39)22-37(15-14-36-16-18-43-19-17-36)33(40)26-6-4-5-7-28(26)34/h4-13,20,30H,14-19,21-22H2,1-3H3/t30-/m0/s1. The maximum Gasteiger partial charge on any atom is 0.262 e. The Hall–Kier alpha value is -4.28. The fraction of sp³-hybridized carbons (Fsp3) is 0.364. The summed E-state index contributed by atoms with van der Waals surface area (Å²) in [5, 5.41) is 6.25. The van der Waals surface area contributed by atoms with Crippen molar-refractivity contribution in [3.63, 3.8) is 0 Å². The molecule has 2 aliphatic rings. The first-order chi connectivity index (χ1) is 20.9. The maximum absolute atomic E-state index is 14.7. The van der Waals surface area contributed by atoms with Crippen LogP contribution in [0, 0.1) is 12.7 Å². The minimum absolute atomic E-state index is 0.0686. The van der Waals surface area contributed by atoms with E-state index in [-0.39, 0.29) is 30.6 Å². The predicted molar refractivity (Wildman–Crippen MR) is 161 cm³/mol. The van der Waals surface area contributed by atoms with Gasteiger partial charge >= 0.3 is 0 Å². The summed E-state index contributed by atoms with van der Waals surface area (Å²) in [7, 11) is 3.16. The first-order valence-corrected chi connectivity index (χ1v) is 14.4. The zero-order valence-corrected chi connectivity index (χ0v) is 24.8. The molecule has 226 valence electrons. The Labute approximate surface area is 251 Å². The van der Waals surface area contributed by atoms with E-state index in [1.54, 1.807) is 26.4 Å². The molecule has 2 amide bonds. The number of hydrazone groups is 1. The lowest BCUT2D eigenvalue weighted by Crippen LogP contribution is -2.46. The molecule has 2 heterocycles. The summed E-state index contributed by atoms with van der Waals surface area (Å²) in [5.41, 5.74) is 3.38. The van der Waals surface area contributed by atoms with Gasteiger partial charge in [-0.15, -0.1) is 0 Å². The number of rotatable bonds is 10. The summed E-state index contributed by atoms with van der Waals surface area (Å²) in [6.07, 6.45) is 0.451. The van der Waals surface area contributed by atoms with Crippen molar-refractivity contribution in [3.8, 4) is 11.5 Å². The number of hydrogen-bond donors (Lipinski definition) is 0. The zero-order chi connectivity index (χ0) is 30.3. The Morgan fingerprint density at radius 3 is 2.47 bits per heavy atom. The van der Waals surface area contributed by atoms with Gasteiger partial charge in [-0.25, -0.2) is 9.40 Å². The molecule has 0 bridgehead atoms. The van der Waals surface area contributed by atoms with Crippen molar-refractivity contribution in [2.24, 2.45) is 5.10 Å². The lowest BCUT2D eigenvalue weighted by molar-refractivity contribution is -0.133. The molecule has 1 saturated heterocycles. The van der Waals surface area contributed by atoms with E-state index < -0.39 is 11.7 Å². The van der Waals surface area contributed by atoms with Gasteiger partial charge in [-0.2, -0.15) is 5.10 Å². The molecular weight excluding hydrogens is 551 g/mol. The van der Waals surface area contributed by atoms with Crippen LogP contribution in [0.1, 0.15) is 39.5 Å². The van der Waals surface area contributed by atoms with Crippen molar-refractivity contribution in [1.82, 2.24) is 14.8 Å². The number of methoxy groups -OCH3 is 2. The number of hydrogen-bond acceptors (Lipinski definition) is 7. The van der Waals surface area contributed by atoms with E-state index in [0.29, 0.717) is 43.4 Å². The zero-order valence-electron chi connectivity index (χ0n) is 24.8. The number of morpholine rings is 1. The fourth-order valence-corrected chi connectivity index (χ4v) is 5.37. The van der Waals surface area contributed by atoms with Crippen LogP contribution in [0.3, 0.4) is 0 Å². The number of ether oxygens (including phenoxy) is 3. The predicted octanol–water partition coefficient (Wildman–Crippen LogP) is 4.30. The van der Waals surface area contributed by atoms with Gasteiger partial charge < -0.3 is 19.1 Å². The van der Waals surface area contributed by atoms with Gasteiger partial charge in [-0.05, 0) is 36.8 Å². The van der Waals surface area contributed by atoms with E-state index in [9.17, 15) is 14.0 Å². The fourth-order valence-electron chi connectivity index (χ4n) is 5.37. The van der Waals surface area contributed by atoms with Crippen LogP contribution in [-0.2, 0) is 9.53 Å². The van der Waals surface area contributed by atoms with E-state index in [4.69, 9.17) is 19.3 Å². The van der Waals surface area contributed by atoms with Gasteiger partial charge in [-0.3, -0.25) is 14.5 Å². The summed E-state index contributed by atoms with van der Waals surface area (Å²) < 4.78 is 31.1. The van der Waals surface area contributed by atoms with Crippen LogP contribution >= 0.6 is 0 Å². The molecule has 2 aliphatic heterocycles. The highest BCUT2D eigenvalue weighted by Crippen LogP contribution is 2.36. The molecule has 1 fully saturated rings. The molecule has 3 aromatic carbocycles. The maximum atomic E-state index is 14.7. The second kappa shape index (κ2) is 13.8. The Balaban J connectivity index is 1.45. The number of carbonyl (C=O) groups excluding carboxylic acids is 2. The summed E-state index contributed by atoms with van der Waals surface area (Å²) in [6.45, 7) is 5.23. The number of amides is 2. The highest BCUT2D eigenvalue weighted by molar-refractivity contribution is 6.05. The van der Waals surface area contributed by atoms with E-state index in [2.05, 4.69) is 4.90 Å². The first kappa shape index (κ1) is 30.2. The molecule has 9 nitrogen and oxygen atoms in total. The molecule has 10 heteroatoms. The van der Waals surface area contributed by atoms with Gasteiger partial charge in [0.1, 0.15) is 23.9 Å². The van der Waals surface area contributed by atoms with Crippen LogP contribution in [0.5, 0.6) is 11.5 Å². The smallest absolute Gasteiger partial charge is 0.262 e. The van der Waals surface area contributed by atoms with Crippen LogP contribution in [-0.4, -0.2) is 92.5 Å². The van der Waals surface area contributed by atoms with Crippen molar-refractivity contribution < 1.29 is 28.2 Å². The van der Waals surface area contributed by atoms with E-state index >= 15 is 0 Å². The molecule has 0 aliphatic carbocycles. The minimum atomic E-state index is -0.623. The van der Waals surface area contributed by atoms with Gasteiger partial charge in [0.05, 0.1) is 44.8 Å². The first-order valence-electron chi connectivity index (χ1n) is 14.4. The second-order valence-corrected chi connectivity index (χ2v) is 10.6. The van der Waals surface area contributed by atoms with Crippen LogP contribution in [0.4, 0.5) is 4.39 Å². The van der Waals surface area contributed by atoms with Crippen molar-refractivity contribution in [2.75, 3.05) is 60.2 Å². The molecular formula is C33H37FN4O5. The molecule has 3 aromatic rings. The largest absolute Gasteiger partial charge is 0.497 e. The Kier molecular flexibility index (Phi) is 9.68. The third kappa shape index (κ3) is 7.03. The third-order valence-corrected chi connectivity index (χ3v) is 7.86. The molecule has 0 unspecified atom stereocenters. The lowest BCUT2D eigenvalue weighted by atomic mass is 9.97. The number of carbonyl (C=O) groups is 2. The molecule has 1 atom stereocenters. The molecule has 0 saturated carbocycles. The molecule has 0 radical (unpaired) electrons. The normalized spacial score (nSPS) is 17.0. The number of aryl methyl sites for hydroxylation is 1. The highest BCUT2D eigenvalue weighted by Gasteiger charge is 2.35. The summed E-state index contributed by atoms with van der Waals surface area (Å²) in [4.78, 5) is 31.3.